The number of ketones is 2. The van der Waals surface area contributed by atoms with E-state index in [2.05, 4.69) is 0 Å². The number of fused-ring (bicyclic) bond motifs is 4. The van der Waals surface area contributed by atoms with Crippen molar-refractivity contribution in [3.05, 3.63) is 64.2 Å². The first kappa shape index (κ1) is 49.1. The van der Waals surface area contributed by atoms with Crippen LogP contribution in [0.5, 0.6) is 17.2 Å². The van der Waals surface area contributed by atoms with Crippen LogP contribution in [0.4, 0.5) is 0 Å². The van der Waals surface area contributed by atoms with E-state index in [1.807, 2.05) is 6.92 Å². The highest BCUT2D eigenvalue weighted by Gasteiger charge is 2.47. The van der Waals surface area contributed by atoms with E-state index in [9.17, 15) is 45.3 Å². The van der Waals surface area contributed by atoms with E-state index in [1.165, 1.54) is 24.3 Å². The maximum Gasteiger partial charge on any atom is 0.202 e. The lowest BCUT2D eigenvalue weighted by molar-refractivity contribution is -0.336. The van der Waals surface area contributed by atoms with Crippen LogP contribution in [-0.2, 0) is 42.6 Å². The molecule has 5 fully saturated rings. The lowest BCUT2D eigenvalue weighted by Crippen LogP contribution is -2.56. The van der Waals surface area contributed by atoms with Crippen LogP contribution in [0.15, 0.2) is 36.4 Å². The molecule has 9 rings (SSSR count). The molecular weight excluding hydrogens is 893 g/mol. The molecule has 0 amide bonds. The zero-order valence-electron chi connectivity index (χ0n) is 38.7. The van der Waals surface area contributed by atoms with Crippen LogP contribution in [0.25, 0.3) is 10.8 Å². The summed E-state index contributed by atoms with van der Waals surface area (Å²) in [5.74, 6) is -1.87. The number of carbonyl (C=O) groups is 2. The van der Waals surface area contributed by atoms with Gasteiger partial charge in [0.25, 0.3) is 0 Å². The van der Waals surface area contributed by atoms with Gasteiger partial charge in [-0.15, -0.1) is 0 Å². The molecule has 0 aromatic heterocycles. The predicted molar refractivity (Wildman–Crippen MR) is 235 cm³/mol. The molecule has 0 saturated carbocycles. The molecule has 19 heteroatoms. The van der Waals surface area contributed by atoms with Crippen molar-refractivity contribution in [3.8, 4) is 17.2 Å². The molecular formula is C49H62O19. The molecule has 0 radical (unpaired) electrons. The third-order valence-corrected chi connectivity index (χ3v) is 14.0. The van der Waals surface area contributed by atoms with Crippen LogP contribution in [0.1, 0.15) is 111 Å². The van der Waals surface area contributed by atoms with Crippen molar-refractivity contribution >= 4 is 22.3 Å². The fourth-order valence-corrected chi connectivity index (χ4v) is 10.4. The summed E-state index contributed by atoms with van der Waals surface area (Å²) >= 11 is 0. The highest BCUT2D eigenvalue weighted by molar-refractivity contribution is 6.34. The largest absolute Gasteiger partial charge is 0.507 e. The van der Waals surface area contributed by atoms with Gasteiger partial charge in [-0.2, -0.15) is 0 Å². The fraction of sp³-hybridized carbons (Fsp3) is 0.633. The molecule has 3 aromatic rings. The van der Waals surface area contributed by atoms with Crippen LogP contribution < -0.4 is 4.74 Å². The van der Waals surface area contributed by atoms with Gasteiger partial charge in [-0.1, -0.05) is 12.1 Å². The minimum atomic E-state index is -1.15. The van der Waals surface area contributed by atoms with Gasteiger partial charge >= 0.3 is 0 Å². The molecule has 3 aromatic carbocycles. The van der Waals surface area contributed by atoms with Crippen molar-refractivity contribution in [1.29, 1.82) is 0 Å². The number of aryl methyl sites for hydroxylation is 1. The SMILES string of the molecule is Cc1cc(O)c2c3c(ccc2c1)C(=O)c1c(O[C@H]2C[C@@H](O)[C@H](O[C@H]4C[C@@H](O[C@H]5CC[C@H](O[C@H]6C[C@@H](O)[C@H](O[C@H]7C[C@@H](O)[C@H](O)[C@@H](C)O7)[C@@H](C)O6)[C@H](C)O5)[C@H](O)[C@@H](C)O4)[C@@H](C)O2)ccc(O)c1C3=O. The van der Waals surface area contributed by atoms with E-state index >= 15 is 0 Å². The van der Waals surface area contributed by atoms with Crippen LogP contribution in [0, 0.1) is 6.92 Å². The van der Waals surface area contributed by atoms with Gasteiger partial charge in [0, 0.05) is 48.6 Å². The third kappa shape index (κ3) is 9.64. The van der Waals surface area contributed by atoms with Crippen LogP contribution in [0.3, 0.4) is 0 Å². The van der Waals surface area contributed by atoms with E-state index in [0.717, 1.165) is 5.56 Å². The molecule has 5 saturated heterocycles. The lowest BCUT2D eigenvalue weighted by atomic mass is 9.80. The first-order chi connectivity index (χ1) is 32.3. The molecule has 7 N–H and O–H groups in total. The number of carbonyl (C=O) groups excluding carboxylic acids is 2. The lowest BCUT2D eigenvalue weighted by Gasteiger charge is -2.45. The fourth-order valence-electron chi connectivity index (χ4n) is 10.4. The Bertz CT molecular complexity index is 2310. The summed E-state index contributed by atoms with van der Waals surface area (Å²) in [6.45, 7) is 10.4. The second-order valence-corrected chi connectivity index (χ2v) is 19.1. The summed E-state index contributed by atoms with van der Waals surface area (Å²) in [5, 5.41) is 76.3. The van der Waals surface area contributed by atoms with Crippen molar-refractivity contribution in [2.45, 2.75) is 197 Å². The Morgan fingerprint density at radius 2 is 1.09 bits per heavy atom. The number of aliphatic hydroxyl groups excluding tert-OH is 5. The first-order valence-electron chi connectivity index (χ1n) is 23.5. The molecule has 0 spiro atoms. The first-order valence-corrected chi connectivity index (χ1v) is 23.5. The number of rotatable bonds is 10. The standard InChI is InChI=1S/C49H62O19/c1-19-13-25-7-8-26-41(40(25)28(51)14-19)47(58)42-27(50)9-10-33(43(42)46(26)57)65-37-17-31(54)49(24(6)63-37)68-39-18-34(45(56)22(4)61-39)66-35-12-11-32(20(2)59-35)64-36-16-30(53)48(23(5)62-36)67-38-15-29(52)44(55)21(3)60-38/h7-10,13-14,20-24,29-32,34-39,44-45,48-56H,11-12,15-18H2,1-6H3/t20-,21+,22+,23+,24+,29+,30+,31+,32-,34+,35-,36-,37-,38-,39-,44+,45+,48+,49+/m0/s1. The van der Waals surface area contributed by atoms with Gasteiger partial charge in [-0.3, -0.25) is 9.59 Å². The molecule has 1 aliphatic carbocycles. The van der Waals surface area contributed by atoms with Crippen molar-refractivity contribution < 1.29 is 92.7 Å². The van der Waals surface area contributed by atoms with Gasteiger partial charge in [0.2, 0.25) is 6.29 Å². The zero-order valence-corrected chi connectivity index (χ0v) is 38.7. The minimum absolute atomic E-state index is 0.0148. The van der Waals surface area contributed by atoms with E-state index in [4.69, 9.17) is 47.4 Å². The zero-order chi connectivity index (χ0) is 48.5. The van der Waals surface area contributed by atoms with Gasteiger partial charge in [0.15, 0.2) is 36.7 Å². The Hall–Kier alpha value is -3.90. The second-order valence-electron chi connectivity index (χ2n) is 19.1. The number of ether oxygens (including phenoxy) is 10. The number of hydrogen-bond acceptors (Lipinski definition) is 19. The molecule has 0 unspecified atom stereocenters. The van der Waals surface area contributed by atoms with E-state index in [-0.39, 0.29) is 64.8 Å². The molecule has 372 valence electrons. The molecule has 19 atom stereocenters. The Morgan fingerprint density at radius 1 is 0.515 bits per heavy atom. The van der Waals surface area contributed by atoms with Gasteiger partial charge in [0.05, 0.1) is 72.2 Å². The Morgan fingerprint density at radius 3 is 1.75 bits per heavy atom. The molecule has 19 nitrogen and oxygen atoms in total. The smallest absolute Gasteiger partial charge is 0.202 e. The Balaban J connectivity index is 0.775. The van der Waals surface area contributed by atoms with Crippen LogP contribution in [-0.4, -0.2) is 164 Å². The van der Waals surface area contributed by atoms with Gasteiger partial charge in [0.1, 0.15) is 41.7 Å². The highest BCUT2D eigenvalue weighted by Crippen LogP contribution is 2.44. The van der Waals surface area contributed by atoms with Crippen LogP contribution in [0.2, 0.25) is 0 Å². The number of hydrogen-bond donors (Lipinski definition) is 7. The van der Waals surface area contributed by atoms with E-state index < -0.39 is 134 Å². The maximum absolute atomic E-state index is 14.1. The van der Waals surface area contributed by atoms with Gasteiger partial charge < -0.3 is 83.1 Å². The van der Waals surface area contributed by atoms with E-state index in [0.29, 0.717) is 18.2 Å². The quantitative estimate of drug-likeness (QED) is 0.120. The number of phenolic OH excluding ortho intramolecular Hbond substituents is 2. The maximum atomic E-state index is 14.1. The Kier molecular flexibility index (Phi) is 14.2. The third-order valence-electron chi connectivity index (χ3n) is 14.0. The number of phenols is 2. The summed E-state index contributed by atoms with van der Waals surface area (Å²) in [6.07, 6.45) is -14.3. The van der Waals surface area contributed by atoms with Crippen molar-refractivity contribution in [3.63, 3.8) is 0 Å². The van der Waals surface area contributed by atoms with Crippen LogP contribution >= 0.6 is 0 Å². The number of benzene rings is 3. The van der Waals surface area contributed by atoms with Gasteiger partial charge in [-0.05, 0) is 83.2 Å². The highest BCUT2D eigenvalue weighted by atomic mass is 16.8. The summed E-state index contributed by atoms with van der Waals surface area (Å²) in [4.78, 5) is 28.1. The summed E-state index contributed by atoms with van der Waals surface area (Å²) in [6, 6.07) is 9.06. The average Bonchev–Trinajstić information content (AvgIpc) is 3.27. The molecule has 68 heavy (non-hydrogen) atoms. The monoisotopic (exact) mass is 954 g/mol. The molecule has 6 aliphatic rings. The molecule has 5 aliphatic heterocycles. The second kappa shape index (κ2) is 19.7. The summed E-state index contributed by atoms with van der Waals surface area (Å²) < 4.78 is 61.2. The van der Waals surface area contributed by atoms with Gasteiger partial charge in [-0.25, -0.2) is 0 Å². The normalized spacial score (nSPS) is 39.9. The summed E-state index contributed by atoms with van der Waals surface area (Å²) in [5.41, 5.74) is 0.368. The van der Waals surface area contributed by atoms with Crippen molar-refractivity contribution in [2.75, 3.05) is 0 Å². The van der Waals surface area contributed by atoms with Crippen molar-refractivity contribution in [2.24, 2.45) is 0 Å². The predicted octanol–water partition coefficient (Wildman–Crippen LogP) is 3.12. The number of aliphatic hydroxyl groups is 5. The minimum Gasteiger partial charge on any atom is -0.507 e. The Labute approximate surface area is 392 Å². The molecule has 0 bridgehead atoms. The average molecular weight is 955 g/mol. The topological polar surface area (TPSA) is 268 Å². The molecule has 5 heterocycles. The van der Waals surface area contributed by atoms with E-state index in [1.54, 1.807) is 46.8 Å². The van der Waals surface area contributed by atoms with Crippen molar-refractivity contribution in [1.82, 2.24) is 0 Å². The summed E-state index contributed by atoms with van der Waals surface area (Å²) in [7, 11) is 0. The number of aromatic hydroxyl groups is 2.